The van der Waals surface area contributed by atoms with E-state index in [-0.39, 0.29) is 0 Å². The fourth-order valence-corrected chi connectivity index (χ4v) is 1.62. The van der Waals surface area contributed by atoms with Gasteiger partial charge in [0.05, 0.1) is 0 Å². The minimum absolute atomic E-state index is 0.634. The molecule has 3 heteroatoms. The summed E-state index contributed by atoms with van der Waals surface area (Å²) in [6.45, 7) is 8.20. The van der Waals surface area contributed by atoms with E-state index in [4.69, 9.17) is 11.6 Å². The molecule has 1 saturated heterocycles. The van der Waals surface area contributed by atoms with E-state index >= 15 is 0 Å². The normalized spacial score (nSPS) is 24.2. The zero-order chi connectivity index (χ0) is 8.97. The lowest BCUT2D eigenvalue weighted by Gasteiger charge is -2.33. The van der Waals surface area contributed by atoms with Gasteiger partial charge in [-0.25, -0.2) is 0 Å². The van der Waals surface area contributed by atoms with Crippen molar-refractivity contribution >= 4 is 11.6 Å². The number of hydrogen-bond donors (Lipinski definition) is 0. The van der Waals surface area contributed by atoms with Gasteiger partial charge in [-0.1, -0.05) is 6.92 Å². The number of halogens is 1. The monoisotopic (exact) mass is 190 g/mol. The van der Waals surface area contributed by atoms with Crippen LogP contribution in [0.4, 0.5) is 0 Å². The van der Waals surface area contributed by atoms with Crippen LogP contribution in [0.3, 0.4) is 0 Å². The van der Waals surface area contributed by atoms with Crippen LogP contribution in [0, 0.1) is 5.92 Å². The summed E-state index contributed by atoms with van der Waals surface area (Å²) in [6.07, 6.45) is 0. The van der Waals surface area contributed by atoms with Gasteiger partial charge in [-0.2, -0.15) is 0 Å². The van der Waals surface area contributed by atoms with Crippen LogP contribution in [0.2, 0.25) is 0 Å². The van der Waals surface area contributed by atoms with Crippen LogP contribution in [0.25, 0.3) is 0 Å². The predicted octanol–water partition coefficient (Wildman–Crippen LogP) is 1.11. The van der Waals surface area contributed by atoms with Crippen LogP contribution in [0.15, 0.2) is 0 Å². The fourth-order valence-electron chi connectivity index (χ4n) is 1.52. The molecule has 0 aromatic carbocycles. The second-order valence-electron chi connectivity index (χ2n) is 3.86. The Labute approximate surface area is 80.5 Å². The third-order valence-corrected chi connectivity index (χ3v) is 2.96. The van der Waals surface area contributed by atoms with Crippen molar-refractivity contribution in [1.29, 1.82) is 0 Å². The number of likely N-dealkylation sites (N-methyl/N-ethyl adjacent to an activating group) is 1. The van der Waals surface area contributed by atoms with Crippen LogP contribution in [0.1, 0.15) is 6.92 Å². The van der Waals surface area contributed by atoms with E-state index in [2.05, 4.69) is 23.8 Å². The Balaban J connectivity index is 2.17. The lowest BCUT2D eigenvalue weighted by molar-refractivity contribution is 0.142. The first-order chi connectivity index (χ1) is 5.72. The summed E-state index contributed by atoms with van der Waals surface area (Å²) in [7, 11) is 2.18. The van der Waals surface area contributed by atoms with Crippen molar-refractivity contribution in [3.8, 4) is 0 Å². The molecule has 0 spiro atoms. The van der Waals surface area contributed by atoms with Crippen molar-refractivity contribution < 1.29 is 0 Å². The number of hydrogen-bond acceptors (Lipinski definition) is 2. The first kappa shape index (κ1) is 10.3. The van der Waals surface area contributed by atoms with Crippen molar-refractivity contribution in [2.75, 3.05) is 45.7 Å². The highest BCUT2D eigenvalue weighted by atomic mass is 35.5. The van der Waals surface area contributed by atoms with Crippen LogP contribution >= 0.6 is 11.6 Å². The quantitative estimate of drug-likeness (QED) is 0.616. The molecule has 1 atom stereocenters. The number of piperazine rings is 1. The third-order valence-electron chi connectivity index (χ3n) is 2.43. The molecule has 1 aliphatic rings. The zero-order valence-corrected chi connectivity index (χ0v) is 8.85. The highest BCUT2D eigenvalue weighted by Crippen LogP contribution is 2.05. The zero-order valence-electron chi connectivity index (χ0n) is 8.09. The smallest absolute Gasteiger partial charge is 0.0261 e. The minimum Gasteiger partial charge on any atom is -0.304 e. The maximum atomic E-state index is 5.76. The predicted molar refractivity (Wildman–Crippen MR) is 53.8 cm³/mol. The van der Waals surface area contributed by atoms with Gasteiger partial charge in [-0.3, -0.25) is 0 Å². The Morgan fingerprint density at radius 3 is 2.33 bits per heavy atom. The topological polar surface area (TPSA) is 6.48 Å². The Bertz CT molecular complexity index is 122. The van der Waals surface area contributed by atoms with E-state index in [1.807, 2.05) is 0 Å². The SMILES string of the molecule is CC(CCl)CN1CCN(C)CC1. The second-order valence-corrected chi connectivity index (χ2v) is 4.17. The number of alkyl halides is 1. The van der Waals surface area contributed by atoms with E-state index in [1.165, 1.54) is 26.2 Å². The van der Waals surface area contributed by atoms with Gasteiger partial charge < -0.3 is 9.80 Å². The summed E-state index contributed by atoms with van der Waals surface area (Å²) in [6, 6.07) is 0. The highest BCUT2D eigenvalue weighted by molar-refractivity contribution is 6.18. The summed E-state index contributed by atoms with van der Waals surface area (Å²) in [4.78, 5) is 4.88. The molecular formula is C9H19ClN2. The Morgan fingerprint density at radius 1 is 1.25 bits per heavy atom. The molecule has 72 valence electrons. The maximum Gasteiger partial charge on any atom is 0.0261 e. The molecule has 1 fully saturated rings. The van der Waals surface area contributed by atoms with Gasteiger partial charge in [0.1, 0.15) is 0 Å². The molecule has 2 nitrogen and oxygen atoms in total. The summed E-state index contributed by atoms with van der Waals surface area (Å²) in [5, 5.41) is 0. The maximum absolute atomic E-state index is 5.76. The summed E-state index contributed by atoms with van der Waals surface area (Å²) >= 11 is 5.76. The molecule has 1 heterocycles. The van der Waals surface area contributed by atoms with Crippen molar-refractivity contribution in [2.24, 2.45) is 5.92 Å². The summed E-state index contributed by atoms with van der Waals surface area (Å²) in [5.74, 6) is 1.42. The summed E-state index contributed by atoms with van der Waals surface area (Å²) < 4.78 is 0. The van der Waals surface area contributed by atoms with Gasteiger partial charge in [0.15, 0.2) is 0 Å². The Kier molecular flexibility index (Phi) is 4.33. The Morgan fingerprint density at radius 2 is 1.83 bits per heavy atom. The van der Waals surface area contributed by atoms with E-state index in [0.29, 0.717) is 5.92 Å². The molecule has 0 aromatic heterocycles. The number of rotatable bonds is 3. The van der Waals surface area contributed by atoms with Crippen LogP contribution < -0.4 is 0 Å². The molecule has 1 aliphatic heterocycles. The largest absolute Gasteiger partial charge is 0.304 e. The highest BCUT2D eigenvalue weighted by Gasteiger charge is 2.15. The minimum atomic E-state index is 0.634. The summed E-state index contributed by atoms with van der Waals surface area (Å²) in [5.41, 5.74) is 0. The lowest BCUT2D eigenvalue weighted by atomic mass is 10.2. The molecule has 12 heavy (non-hydrogen) atoms. The number of nitrogens with zero attached hydrogens (tertiary/aromatic N) is 2. The van der Waals surface area contributed by atoms with Gasteiger partial charge in [0, 0.05) is 38.6 Å². The molecule has 0 N–H and O–H groups in total. The average molecular weight is 191 g/mol. The molecular weight excluding hydrogens is 172 g/mol. The lowest BCUT2D eigenvalue weighted by Crippen LogP contribution is -2.45. The van der Waals surface area contributed by atoms with Crippen molar-refractivity contribution in [3.05, 3.63) is 0 Å². The molecule has 0 saturated carbocycles. The van der Waals surface area contributed by atoms with E-state index in [1.54, 1.807) is 0 Å². The first-order valence-electron chi connectivity index (χ1n) is 4.69. The molecule has 1 unspecified atom stereocenters. The van der Waals surface area contributed by atoms with E-state index in [0.717, 1.165) is 12.4 Å². The van der Waals surface area contributed by atoms with Gasteiger partial charge in [-0.05, 0) is 13.0 Å². The Hall–Kier alpha value is 0.210. The van der Waals surface area contributed by atoms with Crippen LogP contribution in [-0.4, -0.2) is 55.5 Å². The van der Waals surface area contributed by atoms with Crippen molar-refractivity contribution in [2.45, 2.75) is 6.92 Å². The van der Waals surface area contributed by atoms with Crippen LogP contribution in [0.5, 0.6) is 0 Å². The molecule has 0 amide bonds. The second kappa shape index (κ2) is 5.05. The average Bonchev–Trinajstić information content (AvgIpc) is 2.09. The van der Waals surface area contributed by atoms with E-state index < -0.39 is 0 Å². The molecule has 1 rings (SSSR count). The standard InChI is InChI=1S/C9H19ClN2/c1-9(7-10)8-12-5-3-11(2)4-6-12/h9H,3-8H2,1-2H3. The van der Waals surface area contributed by atoms with Crippen LogP contribution in [-0.2, 0) is 0 Å². The first-order valence-corrected chi connectivity index (χ1v) is 5.22. The van der Waals surface area contributed by atoms with Gasteiger partial charge in [0.25, 0.3) is 0 Å². The third kappa shape index (κ3) is 3.30. The molecule has 0 bridgehead atoms. The fraction of sp³-hybridized carbons (Fsp3) is 1.00. The van der Waals surface area contributed by atoms with Gasteiger partial charge in [-0.15, -0.1) is 11.6 Å². The van der Waals surface area contributed by atoms with E-state index in [9.17, 15) is 0 Å². The molecule has 0 radical (unpaired) electrons. The van der Waals surface area contributed by atoms with Gasteiger partial charge in [0.2, 0.25) is 0 Å². The van der Waals surface area contributed by atoms with Crippen molar-refractivity contribution in [3.63, 3.8) is 0 Å². The van der Waals surface area contributed by atoms with Crippen molar-refractivity contribution in [1.82, 2.24) is 9.80 Å². The van der Waals surface area contributed by atoms with Gasteiger partial charge >= 0.3 is 0 Å². The molecule has 0 aromatic rings. The molecule has 0 aliphatic carbocycles.